The number of benzene rings is 1. The van der Waals surface area contributed by atoms with E-state index >= 15 is 0 Å². The minimum atomic E-state index is -2.68. The lowest BCUT2D eigenvalue weighted by Crippen LogP contribution is -2.56. The Labute approximate surface area is 210 Å². The molecule has 0 atom stereocenters. The molecular formula is C26H33F2N5OS. The van der Waals surface area contributed by atoms with Crippen molar-refractivity contribution >= 4 is 40.9 Å². The van der Waals surface area contributed by atoms with Gasteiger partial charge in [0.15, 0.2) is 0 Å². The summed E-state index contributed by atoms with van der Waals surface area (Å²) in [4.78, 5) is 21.7. The van der Waals surface area contributed by atoms with Gasteiger partial charge in [-0.3, -0.25) is 4.79 Å². The predicted molar refractivity (Wildman–Crippen MR) is 140 cm³/mol. The van der Waals surface area contributed by atoms with Gasteiger partial charge in [0.25, 0.3) is 11.8 Å². The highest BCUT2D eigenvalue weighted by Gasteiger charge is 2.45. The van der Waals surface area contributed by atoms with Crippen molar-refractivity contribution in [1.29, 1.82) is 0 Å². The molecule has 9 heteroatoms. The number of alkyl halides is 2. The molecule has 0 unspecified atom stereocenters. The minimum absolute atomic E-state index is 0.243. The van der Waals surface area contributed by atoms with E-state index in [9.17, 15) is 13.6 Å². The molecule has 3 fully saturated rings. The van der Waals surface area contributed by atoms with Crippen LogP contribution in [0.5, 0.6) is 0 Å². The average Bonchev–Trinajstić information content (AvgIpc) is 3.54. The Hall–Kier alpha value is -2.55. The molecule has 2 aliphatic heterocycles. The van der Waals surface area contributed by atoms with Crippen LogP contribution < -0.4 is 19.8 Å². The molecule has 1 spiro atoms. The van der Waals surface area contributed by atoms with E-state index in [2.05, 4.69) is 39.8 Å². The lowest BCUT2D eigenvalue weighted by Gasteiger charge is -2.39. The summed E-state index contributed by atoms with van der Waals surface area (Å²) in [5, 5.41) is 3.35. The smallest absolute Gasteiger partial charge is 0.282 e. The van der Waals surface area contributed by atoms with Crippen LogP contribution >= 0.6 is 11.9 Å². The number of carbonyl (C=O) groups excluding carboxylic acids is 1. The Balaban J connectivity index is 1.37. The summed E-state index contributed by atoms with van der Waals surface area (Å²) in [6.45, 7) is 7.32. The molecule has 35 heavy (non-hydrogen) atoms. The van der Waals surface area contributed by atoms with E-state index in [-0.39, 0.29) is 19.0 Å². The highest BCUT2D eigenvalue weighted by Crippen LogP contribution is 2.54. The fourth-order valence-electron chi connectivity index (χ4n) is 4.87. The van der Waals surface area contributed by atoms with E-state index in [4.69, 9.17) is 0 Å². The lowest BCUT2D eigenvalue weighted by atomic mass is 9.93. The summed E-state index contributed by atoms with van der Waals surface area (Å²) < 4.78 is 30.1. The van der Waals surface area contributed by atoms with E-state index in [0.29, 0.717) is 27.9 Å². The van der Waals surface area contributed by atoms with Crippen LogP contribution in [0.3, 0.4) is 0 Å². The third kappa shape index (κ3) is 5.50. The first-order valence-corrected chi connectivity index (χ1v) is 13.2. The molecule has 1 saturated carbocycles. The highest BCUT2D eigenvalue weighted by molar-refractivity contribution is 8.01. The molecule has 3 heterocycles. The third-order valence-electron chi connectivity index (χ3n) is 7.14. The summed E-state index contributed by atoms with van der Waals surface area (Å²) in [7, 11) is 0. The van der Waals surface area contributed by atoms with E-state index in [1.165, 1.54) is 17.7 Å². The normalized spacial score (nSPS) is 20.1. The van der Waals surface area contributed by atoms with Crippen LogP contribution in [-0.2, 0) is 0 Å². The summed E-state index contributed by atoms with van der Waals surface area (Å²) in [6.07, 6.45) is 4.97. The van der Waals surface area contributed by atoms with Crippen molar-refractivity contribution in [3.8, 4) is 0 Å². The number of piperidine rings is 1. The molecule has 1 aromatic carbocycles. The molecule has 5 rings (SSSR count). The second-order valence-corrected chi connectivity index (χ2v) is 11.9. The van der Waals surface area contributed by atoms with Crippen LogP contribution in [0.2, 0.25) is 0 Å². The lowest BCUT2D eigenvalue weighted by molar-refractivity contribution is -0.0267. The zero-order valence-corrected chi connectivity index (χ0v) is 21.4. The Kier molecular flexibility index (Phi) is 6.32. The molecule has 2 aromatic rings. The van der Waals surface area contributed by atoms with Gasteiger partial charge in [-0.15, -0.1) is 0 Å². The van der Waals surface area contributed by atoms with Crippen LogP contribution in [0.25, 0.3) is 0 Å². The molecule has 0 radical (unpaired) electrons. The number of carbonyl (C=O) groups is 1. The van der Waals surface area contributed by atoms with E-state index < -0.39 is 5.92 Å². The number of aromatic nitrogens is 1. The second-order valence-electron chi connectivity index (χ2n) is 10.5. The van der Waals surface area contributed by atoms with Crippen molar-refractivity contribution < 1.29 is 13.6 Å². The molecule has 6 nitrogen and oxygen atoms in total. The second kappa shape index (κ2) is 9.15. The van der Waals surface area contributed by atoms with Gasteiger partial charge in [-0.1, -0.05) is 13.8 Å². The number of pyridine rings is 1. The SMILES string of the molecule is Cc1cc(NC(=O)c2ccc(NSC(C)C)cc2N2CCC3(CC2)CC3)nc(N2CC(F)(F)C2)c1. The van der Waals surface area contributed by atoms with Crippen LogP contribution in [0.15, 0.2) is 30.3 Å². The van der Waals surface area contributed by atoms with Gasteiger partial charge < -0.3 is 19.8 Å². The van der Waals surface area contributed by atoms with Crippen molar-refractivity contribution in [3.63, 3.8) is 0 Å². The maximum atomic E-state index is 13.4. The average molecular weight is 502 g/mol. The highest BCUT2D eigenvalue weighted by atomic mass is 32.2. The van der Waals surface area contributed by atoms with Gasteiger partial charge in [0, 0.05) is 24.0 Å². The standard InChI is InChI=1S/C26H33F2N5OS/c1-17(2)35-31-19-4-5-20(21(14-19)32-10-8-25(6-7-25)9-11-32)24(34)30-22-12-18(3)13-23(29-22)33-15-26(27,28)16-33/h4-5,12-14,17,31H,6-11,15-16H2,1-3H3,(H,29,30,34). The Morgan fingerprint density at radius 3 is 2.40 bits per heavy atom. The molecule has 2 N–H and O–H groups in total. The van der Waals surface area contributed by atoms with Gasteiger partial charge in [0.1, 0.15) is 11.6 Å². The number of hydrogen-bond donors (Lipinski definition) is 2. The Morgan fingerprint density at radius 2 is 1.77 bits per heavy atom. The first-order valence-electron chi connectivity index (χ1n) is 12.4. The molecule has 1 aromatic heterocycles. The van der Waals surface area contributed by atoms with Crippen LogP contribution in [-0.4, -0.2) is 48.2 Å². The number of nitrogens with zero attached hydrogens (tertiary/aromatic N) is 3. The van der Waals surface area contributed by atoms with Crippen LogP contribution in [0.4, 0.5) is 31.8 Å². The maximum Gasteiger partial charge on any atom is 0.282 e. The Morgan fingerprint density at radius 1 is 1.06 bits per heavy atom. The summed E-state index contributed by atoms with van der Waals surface area (Å²) in [5.74, 6) is -2.09. The molecule has 3 aliphatic rings. The number of anilines is 4. The summed E-state index contributed by atoms with van der Waals surface area (Å²) >= 11 is 1.64. The van der Waals surface area contributed by atoms with E-state index in [1.807, 2.05) is 19.1 Å². The summed E-state index contributed by atoms with van der Waals surface area (Å²) in [6, 6.07) is 9.39. The van der Waals surface area contributed by atoms with E-state index in [0.717, 1.165) is 42.9 Å². The van der Waals surface area contributed by atoms with Gasteiger partial charge >= 0.3 is 0 Å². The monoisotopic (exact) mass is 501 g/mol. The van der Waals surface area contributed by atoms with Gasteiger partial charge in [-0.05, 0) is 85.9 Å². The van der Waals surface area contributed by atoms with Crippen molar-refractivity contribution in [1.82, 2.24) is 4.98 Å². The molecular weight excluding hydrogens is 468 g/mol. The largest absolute Gasteiger partial charge is 0.371 e. The third-order valence-corrected chi connectivity index (χ3v) is 7.97. The van der Waals surface area contributed by atoms with Gasteiger partial charge in [-0.2, -0.15) is 0 Å². The first kappa shape index (κ1) is 24.2. The molecule has 1 aliphatic carbocycles. The Bertz CT molecular complexity index is 1100. The van der Waals surface area contributed by atoms with Crippen molar-refractivity contribution in [2.75, 3.05) is 46.0 Å². The topological polar surface area (TPSA) is 60.5 Å². The fourth-order valence-corrected chi connectivity index (χ4v) is 5.36. The van der Waals surface area contributed by atoms with Crippen molar-refractivity contribution in [2.45, 2.75) is 57.6 Å². The van der Waals surface area contributed by atoms with Crippen molar-refractivity contribution in [2.24, 2.45) is 5.41 Å². The van der Waals surface area contributed by atoms with Gasteiger partial charge in [0.05, 0.1) is 24.3 Å². The number of nitrogens with one attached hydrogen (secondary N) is 2. The quantitative estimate of drug-likeness (QED) is 0.458. The number of aryl methyl sites for hydroxylation is 1. The zero-order valence-electron chi connectivity index (χ0n) is 20.5. The number of amides is 1. The summed E-state index contributed by atoms with van der Waals surface area (Å²) in [5.41, 5.74) is 3.88. The molecule has 1 amide bonds. The van der Waals surface area contributed by atoms with E-state index in [1.54, 1.807) is 24.1 Å². The number of halogens is 2. The fraction of sp³-hybridized carbons (Fsp3) is 0.538. The zero-order chi connectivity index (χ0) is 24.8. The first-order chi connectivity index (χ1) is 16.6. The molecule has 188 valence electrons. The van der Waals surface area contributed by atoms with Crippen molar-refractivity contribution in [3.05, 3.63) is 41.5 Å². The molecule has 0 bridgehead atoms. The van der Waals surface area contributed by atoms with Gasteiger partial charge in [-0.25, -0.2) is 13.8 Å². The van der Waals surface area contributed by atoms with Crippen LogP contribution in [0, 0.1) is 12.3 Å². The van der Waals surface area contributed by atoms with Gasteiger partial charge in [0.2, 0.25) is 0 Å². The predicted octanol–water partition coefficient (Wildman–Crippen LogP) is 5.95. The minimum Gasteiger partial charge on any atom is -0.371 e. The number of rotatable bonds is 7. The van der Waals surface area contributed by atoms with Crippen LogP contribution in [0.1, 0.15) is 55.5 Å². The number of hydrogen-bond acceptors (Lipinski definition) is 6. The maximum absolute atomic E-state index is 13.4. The molecule has 2 saturated heterocycles.